The third kappa shape index (κ3) is 2.87. The van der Waals surface area contributed by atoms with Crippen LogP contribution in [0.1, 0.15) is 75.4 Å². The molecule has 0 radical (unpaired) electrons. The molecule has 178 valence electrons. The van der Waals surface area contributed by atoms with Gasteiger partial charge in [-0.25, -0.2) is 4.79 Å². The molecule has 4 aliphatic rings. The summed E-state index contributed by atoms with van der Waals surface area (Å²) >= 11 is 0. The number of fused-ring (bicyclic) bond motifs is 6. The van der Waals surface area contributed by atoms with Gasteiger partial charge in [0.1, 0.15) is 28.8 Å². The zero-order valence-electron chi connectivity index (χ0n) is 19.6. The number of hydrogen-bond donors (Lipinski definition) is 3. The van der Waals surface area contributed by atoms with Crippen LogP contribution in [0.3, 0.4) is 0 Å². The Morgan fingerprint density at radius 1 is 1.03 bits per heavy atom. The van der Waals surface area contributed by atoms with Crippen LogP contribution in [0.25, 0.3) is 0 Å². The Bertz CT molecular complexity index is 956. The molecule has 2 fully saturated rings. The molecule has 2 heterocycles. The fourth-order valence-electron chi connectivity index (χ4n) is 7.50. The molecule has 0 bridgehead atoms. The monoisotopic (exact) mass is 448 g/mol. The third-order valence-corrected chi connectivity index (χ3v) is 9.35. The Hall–Kier alpha value is -1.83. The first-order valence-corrected chi connectivity index (χ1v) is 11.5. The van der Waals surface area contributed by atoms with Gasteiger partial charge in [-0.15, -0.1) is 0 Å². The van der Waals surface area contributed by atoms with Gasteiger partial charge in [-0.05, 0) is 67.4 Å². The number of phenolic OH excluding ortho intramolecular Hbond substituents is 1. The van der Waals surface area contributed by atoms with Gasteiger partial charge >= 0.3 is 5.97 Å². The second-order valence-corrected chi connectivity index (χ2v) is 11.4. The summed E-state index contributed by atoms with van der Waals surface area (Å²) in [5.74, 6) is 0.128. The molecule has 5 N–H and O–H groups in total. The van der Waals surface area contributed by atoms with Crippen molar-refractivity contribution in [1.29, 1.82) is 0 Å². The molecule has 0 spiro atoms. The summed E-state index contributed by atoms with van der Waals surface area (Å²) in [5, 5.41) is 32.6. The van der Waals surface area contributed by atoms with E-state index in [1.165, 1.54) is 6.07 Å². The quantitative estimate of drug-likeness (QED) is 0.523. The number of phenols is 1. The van der Waals surface area contributed by atoms with Crippen LogP contribution in [0.2, 0.25) is 0 Å². The molecule has 2 aliphatic carbocycles. The second-order valence-electron chi connectivity index (χ2n) is 11.4. The number of cyclic esters (lactones) is 1. The Labute approximate surface area is 189 Å². The molecular weight excluding hydrogens is 412 g/mol. The van der Waals surface area contributed by atoms with Gasteiger partial charge in [0.15, 0.2) is 0 Å². The highest BCUT2D eigenvalue weighted by Gasteiger charge is 2.65. The van der Waals surface area contributed by atoms with E-state index in [9.17, 15) is 20.1 Å². The molecule has 7 heteroatoms. The standard InChI is InChI=1S/C25H34O6.H2O/c1-12-8-14-13-9-18-24(4)7-6-19(27)23(2,3)17(24)11-20(28)25(18,5)31-16(13)10-15(26)21(14)22(29)30-12;/h10,12,17-20,26-28H,6-9,11H2,1-5H3;1H2/t12-,17+,18+,19+,20+,24+,25-;/m0./s1. The first kappa shape index (κ1) is 23.3. The van der Waals surface area contributed by atoms with Gasteiger partial charge in [0.05, 0.1) is 12.2 Å². The van der Waals surface area contributed by atoms with Crippen LogP contribution in [-0.2, 0) is 17.6 Å². The van der Waals surface area contributed by atoms with E-state index in [-0.39, 0.29) is 51.7 Å². The molecule has 32 heavy (non-hydrogen) atoms. The molecular formula is C25H36O7. The average molecular weight is 449 g/mol. The van der Waals surface area contributed by atoms with Crippen LogP contribution in [-0.4, -0.2) is 50.7 Å². The highest BCUT2D eigenvalue weighted by molar-refractivity contribution is 5.96. The molecule has 7 atom stereocenters. The molecule has 2 saturated carbocycles. The van der Waals surface area contributed by atoms with E-state index < -0.39 is 17.7 Å². The number of benzene rings is 1. The molecule has 0 amide bonds. The highest BCUT2D eigenvalue weighted by atomic mass is 16.5. The second kappa shape index (κ2) is 7.08. The largest absolute Gasteiger partial charge is 0.507 e. The predicted molar refractivity (Wildman–Crippen MR) is 118 cm³/mol. The lowest BCUT2D eigenvalue weighted by Gasteiger charge is -2.65. The summed E-state index contributed by atoms with van der Waals surface area (Å²) in [6.07, 6.45) is 2.04. The van der Waals surface area contributed by atoms with E-state index in [1.807, 2.05) is 13.8 Å². The molecule has 0 unspecified atom stereocenters. The van der Waals surface area contributed by atoms with Gasteiger partial charge in [0, 0.05) is 18.4 Å². The fraction of sp³-hybridized carbons (Fsp3) is 0.720. The zero-order chi connectivity index (χ0) is 22.5. The van der Waals surface area contributed by atoms with Crippen LogP contribution in [0, 0.1) is 22.7 Å². The first-order chi connectivity index (χ1) is 14.4. The summed E-state index contributed by atoms with van der Waals surface area (Å²) in [6.45, 7) is 10.4. The number of hydrogen-bond acceptors (Lipinski definition) is 6. The van der Waals surface area contributed by atoms with E-state index in [2.05, 4.69) is 20.8 Å². The molecule has 0 aromatic heterocycles. The van der Waals surface area contributed by atoms with E-state index >= 15 is 0 Å². The Kier molecular flexibility index (Phi) is 5.16. The topological polar surface area (TPSA) is 128 Å². The van der Waals surface area contributed by atoms with Gasteiger partial charge in [0.25, 0.3) is 0 Å². The van der Waals surface area contributed by atoms with Crippen molar-refractivity contribution in [3.05, 3.63) is 22.8 Å². The van der Waals surface area contributed by atoms with Crippen molar-refractivity contribution < 1.29 is 35.1 Å². The first-order valence-electron chi connectivity index (χ1n) is 11.5. The normalized spacial score (nSPS) is 41.6. The number of carbonyl (C=O) groups excluding carboxylic acids is 1. The number of carbonyl (C=O) groups is 1. The Morgan fingerprint density at radius 2 is 1.72 bits per heavy atom. The molecule has 1 aromatic carbocycles. The number of rotatable bonds is 0. The van der Waals surface area contributed by atoms with E-state index in [1.54, 1.807) is 0 Å². The minimum atomic E-state index is -0.794. The van der Waals surface area contributed by atoms with Crippen molar-refractivity contribution in [2.24, 2.45) is 22.7 Å². The van der Waals surface area contributed by atoms with Crippen LogP contribution >= 0.6 is 0 Å². The van der Waals surface area contributed by atoms with Crippen LogP contribution in [0.15, 0.2) is 6.07 Å². The highest BCUT2D eigenvalue weighted by Crippen LogP contribution is 2.65. The van der Waals surface area contributed by atoms with Crippen molar-refractivity contribution >= 4 is 5.97 Å². The smallest absolute Gasteiger partial charge is 0.342 e. The molecule has 1 aromatic rings. The van der Waals surface area contributed by atoms with Crippen molar-refractivity contribution in [1.82, 2.24) is 0 Å². The van der Waals surface area contributed by atoms with E-state index in [0.29, 0.717) is 25.0 Å². The third-order valence-electron chi connectivity index (χ3n) is 9.35. The lowest BCUT2D eigenvalue weighted by molar-refractivity contribution is -0.231. The summed E-state index contributed by atoms with van der Waals surface area (Å²) in [7, 11) is 0. The number of ether oxygens (including phenoxy) is 2. The molecule has 7 nitrogen and oxygen atoms in total. The van der Waals surface area contributed by atoms with Crippen molar-refractivity contribution in [3.63, 3.8) is 0 Å². The van der Waals surface area contributed by atoms with Crippen LogP contribution in [0.5, 0.6) is 11.5 Å². The lowest BCUT2D eigenvalue weighted by atomic mass is 9.43. The van der Waals surface area contributed by atoms with Crippen molar-refractivity contribution in [2.75, 3.05) is 0 Å². The van der Waals surface area contributed by atoms with Crippen molar-refractivity contribution in [3.8, 4) is 11.5 Å². The maximum atomic E-state index is 12.5. The maximum absolute atomic E-state index is 12.5. The van der Waals surface area contributed by atoms with Gasteiger partial charge in [0.2, 0.25) is 0 Å². The maximum Gasteiger partial charge on any atom is 0.342 e. The fourth-order valence-corrected chi connectivity index (χ4v) is 7.50. The summed E-state index contributed by atoms with van der Waals surface area (Å²) in [5.41, 5.74) is 0.801. The Balaban J connectivity index is 0.00000245. The van der Waals surface area contributed by atoms with E-state index in [4.69, 9.17) is 9.47 Å². The number of aliphatic hydroxyl groups excluding tert-OH is 2. The summed E-state index contributed by atoms with van der Waals surface area (Å²) < 4.78 is 11.9. The van der Waals surface area contributed by atoms with Gasteiger partial charge in [-0.2, -0.15) is 0 Å². The average Bonchev–Trinajstić information content (AvgIpc) is 2.66. The van der Waals surface area contributed by atoms with Crippen LogP contribution < -0.4 is 4.74 Å². The van der Waals surface area contributed by atoms with Gasteiger partial charge in [-0.1, -0.05) is 20.8 Å². The predicted octanol–water partition coefficient (Wildman–Crippen LogP) is 2.55. The zero-order valence-corrected chi connectivity index (χ0v) is 19.6. The Morgan fingerprint density at radius 3 is 2.41 bits per heavy atom. The molecule has 2 aliphatic heterocycles. The van der Waals surface area contributed by atoms with E-state index in [0.717, 1.165) is 24.0 Å². The molecule has 5 rings (SSSR count). The summed E-state index contributed by atoms with van der Waals surface area (Å²) in [6, 6.07) is 1.52. The summed E-state index contributed by atoms with van der Waals surface area (Å²) in [4.78, 5) is 12.5. The number of esters is 1. The van der Waals surface area contributed by atoms with Gasteiger partial charge < -0.3 is 30.3 Å². The number of aliphatic hydroxyl groups is 2. The minimum Gasteiger partial charge on any atom is -0.507 e. The SMILES string of the molecule is C[C@H]1Cc2c3c(cc(O)c2C(=O)O1)O[C@]1(C)[C@H](O)C[C@@H]2C(C)(C)[C@H](O)CC[C@@]2(C)[C@H]1C3.O. The van der Waals surface area contributed by atoms with Crippen molar-refractivity contribution in [2.45, 2.75) is 90.6 Å². The number of aromatic hydroxyl groups is 1. The minimum absolute atomic E-state index is 0. The van der Waals surface area contributed by atoms with Gasteiger partial charge in [-0.3, -0.25) is 0 Å². The lowest BCUT2D eigenvalue weighted by Crippen LogP contribution is -2.68. The van der Waals surface area contributed by atoms with Crippen LogP contribution in [0.4, 0.5) is 0 Å². The molecule has 0 saturated heterocycles.